The third kappa shape index (κ3) is 4.34. The highest BCUT2D eigenvalue weighted by Crippen LogP contribution is 2.23. The summed E-state index contributed by atoms with van der Waals surface area (Å²) in [6.45, 7) is 0.654. The third-order valence-corrected chi connectivity index (χ3v) is 4.36. The molecule has 1 fully saturated rings. The van der Waals surface area contributed by atoms with Gasteiger partial charge in [0.2, 0.25) is 0 Å². The van der Waals surface area contributed by atoms with Crippen molar-refractivity contribution in [2.45, 2.75) is 38.1 Å². The second kappa shape index (κ2) is 7.95. The number of rotatable bonds is 5. The maximum atomic E-state index is 12.8. The van der Waals surface area contributed by atoms with Crippen LogP contribution >= 0.6 is 0 Å². The zero-order chi connectivity index (χ0) is 17.7. The van der Waals surface area contributed by atoms with Gasteiger partial charge >= 0.3 is 5.97 Å². The lowest BCUT2D eigenvalue weighted by molar-refractivity contribution is -0.137. The van der Waals surface area contributed by atoms with Crippen molar-refractivity contribution in [2.24, 2.45) is 0 Å². The summed E-state index contributed by atoms with van der Waals surface area (Å²) in [4.78, 5) is 38.7. The van der Waals surface area contributed by atoms with Gasteiger partial charge in [0.05, 0.1) is 0 Å². The first-order chi connectivity index (χ1) is 11.4. The summed E-state index contributed by atoms with van der Waals surface area (Å²) in [6.07, 6.45) is 3.36. The molecule has 1 atom stereocenters. The molecular weight excluding hydrogens is 308 g/mol. The van der Waals surface area contributed by atoms with E-state index in [0.29, 0.717) is 24.1 Å². The lowest BCUT2D eigenvalue weighted by Crippen LogP contribution is -2.44. The predicted octanol–water partition coefficient (Wildman–Crippen LogP) is 2.25. The molecule has 130 valence electrons. The fourth-order valence-electron chi connectivity index (χ4n) is 3.04. The van der Waals surface area contributed by atoms with E-state index < -0.39 is 5.97 Å². The van der Waals surface area contributed by atoms with Crippen molar-refractivity contribution in [3.8, 4) is 0 Å². The number of amides is 2. The van der Waals surface area contributed by atoms with Crippen LogP contribution in [0.3, 0.4) is 0 Å². The van der Waals surface area contributed by atoms with Crippen molar-refractivity contribution < 1.29 is 19.5 Å². The first kappa shape index (κ1) is 18.0. The van der Waals surface area contributed by atoms with Crippen molar-refractivity contribution >= 4 is 17.8 Å². The molecule has 24 heavy (non-hydrogen) atoms. The van der Waals surface area contributed by atoms with E-state index >= 15 is 0 Å². The van der Waals surface area contributed by atoms with E-state index in [1.165, 1.54) is 4.90 Å². The van der Waals surface area contributed by atoms with E-state index in [4.69, 9.17) is 5.11 Å². The number of benzene rings is 1. The Bertz CT molecular complexity index is 610. The lowest BCUT2D eigenvalue weighted by Gasteiger charge is -2.35. The zero-order valence-electron chi connectivity index (χ0n) is 14.2. The van der Waals surface area contributed by atoms with Gasteiger partial charge in [0.1, 0.15) is 0 Å². The Morgan fingerprint density at radius 2 is 1.75 bits per heavy atom. The van der Waals surface area contributed by atoms with E-state index in [1.54, 1.807) is 43.3 Å². The quantitative estimate of drug-likeness (QED) is 0.897. The predicted molar refractivity (Wildman–Crippen MR) is 90.0 cm³/mol. The largest absolute Gasteiger partial charge is 0.481 e. The molecule has 0 aliphatic carbocycles. The van der Waals surface area contributed by atoms with Gasteiger partial charge in [0, 0.05) is 44.2 Å². The number of aliphatic carboxylic acids is 1. The smallest absolute Gasteiger partial charge is 0.303 e. The summed E-state index contributed by atoms with van der Waals surface area (Å²) in [5.41, 5.74) is 1.07. The maximum Gasteiger partial charge on any atom is 0.303 e. The fourth-order valence-corrected chi connectivity index (χ4v) is 3.04. The van der Waals surface area contributed by atoms with Crippen molar-refractivity contribution in [1.29, 1.82) is 0 Å². The average molecular weight is 332 g/mol. The van der Waals surface area contributed by atoms with Crippen LogP contribution in [0.1, 0.15) is 52.8 Å². The molecule has 1 N–H and O–H groups in total. The average Bonchev–Trinajstić information content (AvgIpc) is 2.59. The molecule has 0 radical (unpaired) electrons. The highest BCUT2D eigenvalue weighted by Gasteiger charge is 2.27. The van der Waals surface area contributed by atoms with E-state index in [2.05, 4.69) is 0 Å². The number of carboxylic acid groups (broad SMARTS) is 1. The Morgan fingerprint density at radius 3 is 2.33 bits per heavy atom. The summed E-state index contributed by atoms with van der Waals surface area (Å²) in [5.74, 6) is -1.03. The summed E-state index contributed by atoms with van der Waals surface area (Å²) < 4.78 is 0. The standard InChI is InChI=1S/C18H24N2O4/c1-19(2)17(23)13-6-8-14(9-7-13)18(24)20-12-4-3-5-15(20)10-11-16(21)22/h6-9,15H,3-5,10-12H2,1-2H3,(H,21,22). The van der Waals surface area contributed by atoms with E-state index in [9.17, 15) is 14.4 Å². The Morgan fingerprint density at radius 1 is 1.12 bits per heavy atom. The molecule has 6 nitrogen and oxygen atoms in total. The minimum atomic E-state index is -0.834. The molecule has 1 aliphatic rings. The molecule has 1 aliphatic heterocycles. The molecular formula is C18H24N2O4. The van der Waals surface area contributed by atoms with Gasteiger partial charge in [0.15, 0.2) is 0 Å². The van der Waals surface area contributed by atoms with E-state index in [-0.39, 0.29) is 24.3 Å². The molecule has 0 bridgehead atoms. The SMILES string of the molecule is CN(C)C(=O)c1ccc(C(=O)N2CCCCC2CCC(=O)O)cc1. The van der Waals surface area contributed by atoms with Crippen LogP contribution < -0.4 is 0 Å². The Labute approximate surface area is 142 Å². The van der Waals surface area contributed by atoms with E-state index in [0.717, 1.165) is 19.3 Å². The van der Waals surface area contributed by atoms with Crippen molar-refractivity contribution in [3.63, 3.8) is 0 Å². The van der Waals surface area contributed by atoms with Crippen LogP contribution in [0, 0.1) is 0 Å². The molecule has 6 heteroatoms. The summed E-state index contributed by atoms with van der Waals surface area (Å²) in [7, 11) is 3.37. The monoisotopic (exact) mass is 332 g/mol. The molecule has 1 unspecified atom stereocenters. The van der Waals surface area contributed by atoms with Gasteiger partial charge in [-0.15, -0.1) is 0 Å². The molecule has 1 aromatic carbocycles. The molecule has 2 rings (SSSR count). The maximum absolute atomic E-state index is 12.8. The topological polar surface area (TPSA) is 77.9 Å². The Hall–Kier alpha value is -2.37. The Balaban J connectivity index is 2.10. The number of carbonyl (C=O) groups excluding carboxylic acids is 2. The van der Waals surface area contributed by atoms with Crippen LogP contribution in [0.5, 0.6) is 0 Å². The highest BCUT2D eigenvalue weighted by molar-refractivity contribution is 5.97. The van der Waals surface area contributed by atoms with Gasteiger partial charge in [0.25, 0.3) is 11.8 Å². The minimum Gasteiger partial charge on any atom is -0.481 e. The molecule has 2 amide bonds. The third-order valence-electron chi connectivity index (χ3n) is 4.36. The number of piperidine rings is 1. The van der Waals surface area contributed by atoms with Gasteiger partial charge < -0.3 is 14.9 Å². The first-order valence-electron chi connectivity index (χ1n) is 8.24. The van der Waals surface area contributed by atoms with Crippen molar-refractivity contribution in [2.75, 3.05) is 20.6 Å². The van der Waals surface area contributed by atoms with Crippen LogP contribution in [-0.4, -0.2) is 59.4 Å². The van der Waals surface area contributed by atoms with Crippen LogP contribution in [0.2, 0.25) is 0 Å². The number of carbonyl (C=O) groups is 3. The summed E-state index contributed by atoms with van der Waals surface area (Å²) in [5, 5.41) is 8.87. The fraction of sp³-hybridized carbons (Fsp3) is 0.500. The van der Waals surface area contributed by atoms with Gasteiger partial charge in [-0.2, -0.15) is 0 Å². The molecule has 1 aromatic rings. The lowest BCUT2D eigenvalue weighted by atomic mass is 9.96. The van der Waals surface area contributed by atoms with Crippen LogP contribution in [0.4, 0.5) is 0 Å². The number of likely N-dealkylation sites (tertiary alicyclic amines) is 1. The van der Waals surface area contributed by atoms with Crippen molar-refractivity contribution in [1.82, 2.24) is 9.80 Å². The van der Waals surface area contributed by atoms with Gasteiger partial charge in [-0.25, -0.2) is 0 Å². The zero-order valence-corrected chi connectivity index (χ0v) is 14.2. The Kier molecular flexibility index (Phi) is 5.95. The summed E-state index contributed by atoms with van der Waals surface area (Å²) in [6, 6.07) is 6.63. The molecule has 1 saturated heterocycles. The number of hydrogen-bond donors (Lipinski definition) is 1. The molecule has 0 spiro atoms. The van der Waals surface area contributed by atoms with Gasteiger partial charge in [-0.05, 0) is 49.9 Å². The van der Waals surface area contributed by atoms with Crippen LogP contribution in [0.15, 0.2) is 24.3 Å². The number of hydrogen-bond acceptors (Lipinski definition) is 3. The van der Waals surface area contributed by atoms with Crippen molar-refractivity contribution in [3.05, 3.63) is 35.4 Å². The summed E-state index contributed by atoms with van der Waals surface area (Å²) >= 11 is 0. The van der Waals surface area contributed by atoms with E-state index in [1.807, 2.05) is 0 Å². The molecule has 1 heterocycles. The minimum absolute atomic E-state index is 0.0227. The first-order valence-corrected chi connectivity index (χ1v) is 8.24. The van der Waals surface area contributed by atoms with Crippen LogP contribution in [0.25, 0.3) is 0 Å². The normalized spacial score (nSPS) is 17.4. The second-order valence-corrected chi connectivity index (χ2v) is 6.36. The molecule has 0 saturated carbocycles. The number of nitrogens with zero attached hydrogens (tertiary/aromatic N) is 2. The number of carboxylic acids is 1. The van der Waals surface area contributed by atoms with Gasteiger partial charge in [-0.1, -0.05) is 0 Å². The highest BCUT2D eigenvalue weighted by atomic mass is 16.4. The van der Waals surface area contributed by atoms with Gasteiger partial charge in [-0.3, -0.25) is 14.4 Å². The van der Waals surface area contributed by atoms with Crippen LogP contribution in [-0.2, 0) is 4.79 Å². The molecule has 0 aromatic heterocycles. The second-order valence-electron chi connectivity index (χ2n) is 6.36.